The number of rotatable bonds is 5. The summed E-state index contributed by atoms with van der Waals surface area (Å²) in [6.07, 6.45) is 1.24. The van der Waals surface area contributed by atoms with E-state index in [0.717, 1.165) is 0 Å². The van der Waals surface area contributed by atoms with Gasteiger partial charge in [0.15, 0.2) is 9.84 Å². The number of anilines is 1. The smallest absolute Gasteiger partial charge is 0.257 e. The van der Waals surface area contributed by atoms with Crippen molar-refractivity contribution in [3.05, 3.63) is 23.8 Å². The molecule has 1 aromatic rings. The van der Waals surface area contributed by atoms with E-state index in [1.807, 2.05) is 6.92 Å². The Labute approximate surface area is 124 Å². The van der Waals surface area contributed by atoms with Gasteiger partial charge in [-0.05, 0) is 31.9 Å². The monoisotopic (exact) mass is 312 g/mol. The van der Waals surface area contributed by atoms with Crippen LogP contribution in [0.2, 0.25) is 0 Å². The predicted molar refractivity (Wildman–Crippen MR) is 81.2 cm³/mol. The Hall–Kier alpha value is -1.76. The van der Waals surface area contributed by atoms with Gasteiger partial charge in [0, 0.05) is 12.2 Å². The highest BCUT2D eigenvalue weighted by molar-refractivity contribution is 7.92. The molecular weight excluding hydrogens is 292 g/mol. The Morgan fingerprint density at radius 2 is 2.24 bits per heavy atom. The second kappa shape index (κ2) is 6.34. The molecule has 116 valence electrons. The Balaban J connectivity index is 2.10. The van der Waals surface area contributed by atoms with Crippen LogP contribution in [0.3, 0.4) is 0 Å². The molecule has 2 rings (SSSR count). The minimum absolute atomic E-state index is 0.112. The van der Waals surface area contributed by atoms with Gasteiger partial charge < -0.3 is 15.8 Å². The molecule has 1 amide bonds. The van der Waals surface area contributed by atoms with Crippen LogP contribution in [-0.4, -0.2) is 38.5 Å². The molecule has 0 spiro atoms. The second-order valence-corrected chi connectivity index (χ2v) is 7.40. The Bertz CT molecular complexity index is 628. The summed E-state index contributed by atoms with van der Waals surface area (Å²) in [7, 11) is -3.07. The summed E-state index contributed by atoms with van der Waals surface area (Å²) in [6, 6.07) is 4.99. The van der Waals surface area contributed by atoms with Gasteiger partial charge in [-0.1, -0.05) is 6.07 Å². The van der Waals surface area contributed by atoms with Crippen molar-refractivity contribution in [2.75, 3.05) is 24.6 Å². The van der Waals surface area contributed by atoms with Crippen molar-refractivity contribution in [3.8, 4) is 5.75 Å². The minimum Gasteiger partial charge on any atom is -0.493 e. The molecule has 1 atom stereocenters. The zero-order valence-electron chi connectivity index (χ0n) is 12.0. The molecule has 7 heteroatoms. The van der Waals surface area contributed by atoms with Crippen molar-refractivity contribution in [1.29, 1.82) is 0 Å². The molecule has 0 bridgehead atoms. The lowest BCUT2D eigenvalue weighted by atomic mass is 10.1. The van der Waals surface area contributed by atoms with Crippen LogP contribution in [0.25, 0.3) is 0 Å². The predicted octanol–water partition coefficient (Wildman–Crippen LogP) is 0.975. The van der Waals surface area contributed by atoms with Crippen molar-refractivity contribution in [2.24, 2.45) is 0 Å². The summed E-state index contributed by atoms with van der Waals surface area (Å²) < 4.78 is 28.9. The maximum absolute atomic E-state index is 12.3. The molecule has 21 heavy (non-hydrogen) atoms. The van der Waals surface area contributed by atoms with Crippen LogP contribution in [0.5, 0.6) is 5.75 Å². The summed E-state index contributed by atoms with van der Waals surface area (Å²) in [5.41, 5.74) is 6.40. The van der Waals surface area contributed by atoms with Crippen molar-refractivity contribution in [3.63, 3.8) is 0 Å². The van der Waals surface area contributed by atoms with Crippen LogP contribution >= 0.6 is 0 Å². The number of benzene rings is 1. The van der Waals surface area contributed by atoms with E-state index in [0.29, 0.717) is 30.9 Å². The molecule has 0 aliphatic carbocycles. The van der Waals surface area contributed by atoms with E-state index in [-0.39, 0.29) is 17.9 Å². The van der Waals surface area contributed by atoms with Crippen LogP contribution in [0.15, 0.2) is 18.2 Å². The van der Waals surface area contributed by atoms with E-state index in [9.17, 15) is 13.2 Å². The highest BCUT2D eigenvalue weighted by Gasteiger charge is 2.31. The van der Waals surface area contributed by atoms with Crippen molar-refractivity contribution < 1.29 is 17.9 Å². The molecule has 0 aromatic heterocycles. The molecule has 6 nitrogen and oxygen atoms in total. The first-order valence-electron chi connectivity index (χ1n) is 6.96. The lowest BCUT2D eigenvalue weighted by Crippen LogP contribution is -2.35. The minimum atomic E-state index is -3.07. The van der Waals surface area contributed by atoms with Gasteiger partial charge in [0.05, 0.1) is 17.6 Å². The number of nitrogen functional groups attached to an aromatic ring is 1. The van der Waals surface area contributed by atoms with Crippen molar-refractivity contribution >= 4 is 21.4 Å². The van der Waals surface area contributed by atoms with E-state index in [2.05, 4.69) is 5.32 Å². The first-order valence-corrected chi connectivity index (χ1v) is 8.68. The number of hydrogen-bond donors (Lipinski definition) is 2. The number of nitrogens with two attached hydrogens (primary N) is 1. The molecule has 3 N–H and O–H groups in total. The van der Waals surface area contributed by atoms with Gasteiger partial charge in [-0.2, -0.15) is 0 Å². The van der Waals surface area contributed by atoms with Crippen LogP contribution < -0.4 is 15.8 Å². The van der Waals surface area contributed by atoms with E-state index in [4.69, 9.17) is 10.5 Å². The quantitative estimate of drug-likeness (QED) is 0.790. The van der Waals surface area contributed by atoms with E-state index in [1.54, 1.807) is 18.2 Å². The van der Waals surface area contributed by atoms with Crippen molar-refractivity contribution in [2.45, 2.75) is 25.0 Å². The molecule has 0 saturated carbocycles. The Morgan fingerprint density at radius 1 is 1.48 bits per heavy atom. The maximum atomic E-state index is 12.3. The largest absolute Gasteiger partial charge is 0.493 e. The zero-order valence-corrected chi connectivity index (χ0v) is 12.8. The first-order chi connectivity index (χ1) is 9.95. The molecule has 1 heterocycles. The summed E-state index contributed by atoms with van der Waals surface area (Å²) >= 11 is 0. The molecular formula is C14H20N2O4S. The zero-order chi connectivity index (χ0) is 15.5. The third kappa shape index (κ3) is 3.47. The van der Waals surface area contributed by atoms with Crippen LogP contribution in [0.1, 0.15) is 30.1 Å². The molecule has 1 aliphatic rings. The van der Waals surface area contributed by atoms with Gasteiger partial charge in [0.1, 0.15) is 11.3 Å². The number of amides is 1. The van der Waals surface area contributed by atoms with Gasteiger partial charge in [-0.25, -0.2) is 8.42 Å². The van der Waals surface area contributed by atoms with Gasteiger partial charge in [-0.3, -0.25) is 4.79 Å². The molecule has 1 fully saturated rings. The van der Waals surface area contributed by atoms with E-state index in [1.165, 1.54) is 0 Å². The normalized spacial score (nSPS) is 20.1. The highest BCUT2D eigenvalue weighted by atomic mass is 32.2. The first kappa shape index (κ1) is 15.6. The van der Waals surface area contributed by atoms with Crippen molar-refractivity contribution in [1.82, 2.24) is 5.32 Å². The average Bonchev–Trinajstić information content (AvgIpc) is 2.75. The van der Waals surface area contributed by atoms with Gasteiger partial charge >= 0.3 is 0 Å². The van der Waals surface area contributed by atoms with Crippen LogP contribution in [0.4, 0.5) is 5.69 Å². The Kier molecular flexibility index (Phi) is 4.72. The van der Waals surface area contributed by atoms with Crippen LogP contribution in [-0.2, 0) is 9.84 Å². The van der Waals surface area contributed by atoms with Crippen LogP contribution in [0, 0.1) is 0 Å². The standard InChI is InChI=1S/C14H20N2O4S/c1-2-20-12-7-3-6-11(15)13(12)14(17)16-9-10-5-4-8-21(10,18)19/h3,6-7,10H,2,4-5,8-9,15H2,1H3,(H,16,17). The van der Waals surface area contributed by atoms with Gasteiger partial charge in [0.2, 0.25) is 0 Å². The molecule has 0 radical (unpaired) electrons. The molecule has 1 saturated heterocycles. The SMILES string of the molecule is CCOc1cccc(N)c1C(=O)NCC1CCCS1(=O)=O. The number of ether oxygens (including phenoxy) is 1. The summed E-state index contributed by atoms with van der Waals surface area (Å²) in [4.78, 5) is 12.3. The Morgan fingerprint density at radius 3 is 2.86 bits per heavy atom. The number of sulfone groups is 1. The third-order valence-corrected chi connectivity index (χ3v) is 5.81. The maximum Gasteiger partial charge on any atom is 0.257 e. The third-order valence-electron chi connectivity index (χ3n) is 3.54. The fraction of sp³-hybridized carbons (Fsp3) is 0.500. The fourth-order valence-electron chi connectivity index (χ4n) is 2.45. The van der Waals surface area contributed by atoms with Gasteiger partial charge in [0.25, 0.3) is 5.91 Å². The fourth-order valence-corrected chi connectivity index (χ4v) is 4.21. The van der Waals surface area contributed by atoms with E-state index >= 15 is 0 Å². The second-order valence-electron chi connectivity index (χ2n) is 4.99. The topological polar surface area (TPSA) is 98.5 Å². The summed E-state index contributed by atoms with van der Waals surface area (Å²) in [5, 5.41) is 2.16. The average molecular weight is 312 g/mol. The van der Waals surface area contributed by atoms with Gasteiger partial charge in [-0.15, -0.1) is 0 Å². The lowest BCUT2D eigenvalue weighted by molar-refractivity contribution is 0.0951. The number of hydrogen-bond acceptors (Lipinski definition) is 5. The van der Waals surface area contributed by atoms with E-state index < -0.39 is 21.0 Å². The lowest BCUT2D eigenvalue weighted by Gasteiger charge is -2.14. The highest BCUT2D eigenvalue weighted by Crippen LogP contribution is 2.25. The number of nitrogens with one attached hydrogen (secondary N) is 1. The summed E-state index contributed by atoms with van der Waals surface area (Å²) in [6.45, 7) is 2.35. The molecule has 1 aliphatic heterocycles. The number of carbonyl (C=O) groups excluding carboxylic acids is 1. The molecule has 1 aromatic carbocycles. The summed E-state index contributed by atoms with van der Waals surface area (Å²) in [5.74, 6) is 0.202. The number of carbonyl (C=O) groups is 1. The molecule has 1 unspecified atom stereocenters.